The van der Waals surface area contributed by atoms with E-state index in [4.69, 9.17) is 15.8 Å². The lowest BCUT2D eigenvalue weighted by Crippen LogP contribution is -2.30. The SMILES string of the molecule is N#CSC(c1ccccc1)C(O)(C#N)C#N. The lowest BCUT2D eigenvalue weighted by atomic mass is 9.97. The Morgan fingerprint density at radius 3 is 2.12 bits per heavy atom. The van der Waals surface area contributed by atoms with Crippen LogP contribution in [0.25, 0.3) is 0 Å². The first-order valence-corrected chi connectivity index (χ1v) is 5.20. The van der Waals surface area contributed by atoms with Crippen LogP contribution in [0.3, 0.4) is 0 Å². The molecule has 0 bridgehead atoms. The van der Waals surface area contributed by atoms with E-state index in [-0.39, 0.29) is 0 Å². The molecule has 16 heavy (non-hydrogen) atoms. The molecule has 1 aromatic carbocycles. The molecule has 0 aliphatic carbocycles. The minimum Gasteiger partial charge on any atom is -0.363 e. The predicted octanol–water partition coefficient (Wildman–Crippen LogP) is 1.72. The first-order valence-electron chi connectivity index (χ1n) is 4.32. The molecular formula is C11H7N3OS. The van der Waals surface area contributed by atoms with Crippen LogP contribution >= 0.6 is 11.8 Å². The van der Waals surface area contributed by atoms with Gasteiger partial charge in [-0.3, -0.25) is 0 Å². The maximum Gasteiger partial charge on any atom is 0.255 e. The molecule has 0 saturated heterocycles. The van der Waals surface area contributed by atoms with Crippen LogP contribution in [0, 0.1) is 33.3 Å². The third-order valence-corrected chi connectivity index (χ3v) is 2.95. The summed E-state index contributed by atoms with van der Waals surface area (Å²) in [5.41, 5.74) is -1.62. The Bertz CT molecular complexity index is 467. The Hall–Kier alpha value is -2.00. The summed E-state index contributed by atoms with van der Waals surface area (Å²) in [6.07, 6.45) is 0. The molecule has 5 heteroatoms. The van der Waals surface area contributed by atoms with Crippen LogP contribution in [0.4, 0.5) is 0 Å². The van der Waals surface area contributed by atoms with Crippen molar-refractivity contribution >= 4 is 11.8 Å². The Morgan fingerprint density at radius 2 is 1.69 bits per heavy atom. The molecule has 0 aromatic heterocycles. The van der Waals surface area contributed by atoms with Crippen molar-refractivity contribution in [3.63, 3.8) is 0 Å². The standard InChI is InChI=1S/C11H7N3OS/c12-6-11(15,7-13)10(16-8-14)9-4-2-1-3-5-9/h1-5,10,15H. The highest BCUT2D eigenvalue weighted by Crippen LogP contribution is 2.37. The fourth-order valence-electron chi connectivity index (χ4n) is 1.22. The second kappa shape index (κ2) is 5.19. The fourth-order valence-corrected chi connectivity index (χ4v) is 1.89. The van der Waals surface area contributed by atoms with Crippen LogP contribution in [0.15, 0.2) is 30.3 Å². The van der Waals surface area contributed by atoms with Crippen LogP contribution in [-0.2, 0) is 0 Å². The van der Waals surface area contributed by atoms with E-state index in [1.807, 2.05) is 0 Å². The van der Waals surface area contributed by atoms with Gasteiger partial charge in [0.15, 0.2) is 0 Å². The third-order valence-electron chi connectivity index (χ3n) is 1.99. The molecule has 0 fully saturated rings. The summed E-state index contributed by atoms with van der Waals surface area (Å²) in [6, 6.07) is 11.6. The first kappa shape index (κ1) is 12.1. The second-order valence-corrected chi connectivity index (χ2v) is 3.88. The zero-order valence-electron chi connectivity index (χ0n) is 8.16. The van der Waals surface area contributed by atoms with Crippen molar-refractivity contribution in [2.75, 3.05) is 0 Å². The molecule has 0 spiro atoms. The normalized spacial score (nSPS) is 11.9. The van der Waals surface area contributed by atoms with E-state index in [1.165, 1.54) is 12.1 Å². The van der Waals surface area contributed by atoms with Gasteiger partial charge in [-0.15, -0.1) is 0 Å². The first-order chi connectivity index (χ1) is 7.68. The Kier molecular flexibility index (Phi) is 3.91. The van der Waals surface area contributed by atoms with Crippen molar-refractivity contribution in [2.45, 2.75) is 10.9 Å². The fraction of sp³-hybridized carbons (Fsp3) is 0.182. The molecule has 1 N–H and O–H groups in total. The van der Waals surface area contributed by atoms with E-state index >= 15 is 0 Å². The zero-order chi connectivity index (χ0) is 12.0. The summed E-state index contributed by atoms with van der Waals surface area (Å²) in [5.74, 6) is 0. The predicted molar refractivity (Wildman–Crippen MR) is 58.6 cm³/mol. The van der Waals surface area contributed by atoms with Crippen molar-refractivity contribution in [2.24, 2.45) is 0 Å². The Morgan fingerprint density at radius 1 is 1.12 bits per heavy atom. The summed E-state index contributed by atoms with van der Waals surface area (Å²) in [4.78, 5) is 0. The molecule has 1 aromatic rings. The van der Waals surface area contributed by atoms with Crippen LogP contribution in [0.1, 0.15) is 10.8 Å². The van der Waals surface area contributed by atoms with Crippen LogP contribution in [0.5, 0.6) is 0 Å². The van der Waals surface area contributed by atoms with Gasteiger partial charge in [-0.1, -0.05) is 30.3 Å². The van der Waals surface area contributed by atoms with Gasteiger partial charge in [0.2, 0.25) is 0 Å². The molecule has 0 aliphatic rings. The average molecular weight is 229 g/mol. The van der Waals surface area contributed by atoms with E-state index in [1.54, 1.807) is 35.7 Å². The van der Waals surface area contributed by atoms with Gasteiger partial charge in [-0.05, 0) is 17.3 Å². The molecule has 1 atom stereocenters. The maximum atomic E-state index is 9.78. The van der Waals surface area contributed by atoms with Crippen molar-refractivity contribution in [1.82, 2.24) is 0 Å². The number of rotatable bonds is 3. The summed E-state index contributed by atoms with van der Waals surface area (Å²) in [6.45, 7) is 0. The van der Waals surface area contributed by atoms with Crippen LogP contribution in [-0.4, -0.2) is 10.7 Å². The highest BCUT2D eigenvalue weighted by atomic mass is 32.2. The number of nitriles is 3. The van der Waals surface area contributed by atoms with Gasteiger partial charge in [0.1, 0.15) is 22.8 Å². The highest BCUT2D eigenvalue weighted by Gasteiger charge is 2.39. The maximum absolute atomic E-state index is 9.78. The van der Waals surface area contributed by atoms with E-state index in [2.05, 4.69) is 0 Å². The number of hydrogen-bond acceptors (Lipinski definition) is 5. The van der Waals surface area contributed by atoms with Gasteiger partial charge in [0, 0.05) is 0 Å². The molecular weight excluding hydrogens is 222 g/mol. The van der Waals surface area contributed by atoms with Gasteiger partial charge in [-0.25, -0.2) is 0 Å². The molecule has 0 radical (unpaired) electrons. The molecule has 0 aliphatic heterocycles. The minimum absolute atomic E-state index is 0.569. The molecule has 0 heterocycles. The average Bonchev–Trinajstić information content (AvgIpc) is 2.36. The number of nitrogens with zero attached hydrogens (tertiary/aromatic N) is 3. The zero-order valence-corrected chi connectivity index (χ0v) is 8.98. The van der Waals surface area contributed by atoms with Crippen molar-refractivity contribution in [3.8, 4) is 17.5 Å². The largest absolute Gasteiger partial charge is 0.363 e. The van der Waals surface area contributed by atoms with E-state index in [9.17, 15) is 5.11 Å². The second-order valence-electron chi connectivity index (χ2n) is 2.99. The monoisotopic (exact) mass is 229 g/mol. The van der Waals surface area contributed by atoms with Crippen molar-refractivity contribution < 1.29 is 5.11 Å². The van der Waals surface area contributed by atoms with Gasteiger partial charge in [0.05, 0.1) is 0 Å². The molecule has 0 amide bonds. The highest BCUT2D eigenvalue weighted by molar-refractivity contribution is 8.04. The number of thioether (sulfide) groups is 1. The van der Waals surface area contributed by atoms with Gasteiger partial charge in [0.25, 0.3) is 5.60 Å². The summed E-state index contributed by atoms with van der Waals surface area (Å²) in [7, 11) is 0. The van der Waals surface area contributed by atoms with Gasteiger partial charge < -0.3 is 5.11 Å². The summed E-state index contributed by atoms with van der Waals surface area (Å²) in [5, 5.41) is 36.9. The van der Waals surface area contributed by atoms with E-state index in [0.717, 1.165) is 0 Å². The number of benzene rings is 1. The summed E-state index contributed by atoms with van der Waals surface area (Å²) < 4.78 is 0. The molecule has 78 valence electrons. The molecule has 4 nitrogen and oxygen atoms in total. The topological polar surface area (TPSA) is 91.6 Å². The molecule has 0 saturated carbocycles. The lowest BCUT2D eigenvalue weighted by molar-refractivity contribution is 0.155. The van der Waals surface area contributed by atoms with Crippen LogP contribution < -0.4 is 0 Å². The smallest absolute Gasteiger partial charge is 0.255 e. The van der Waals surface area contributed by atoms with Crippen molar-refractivity contribution in [3.05, 3.63) is 35.9 Å². The van der Waals surface area contributed by atoms with E-state index < -0.39 is 10.9 Å². The molecule has 1 rings (SSSR count). The molecule has 1 unspecified atom stereocenters. The minimum atomic E-state index is -2.19. The quantitative estimate of drug-likeness (QED) is 0.629. The number of hydrogen-bond donors (Lipinski definition) is 1. The lowest BCUT2D eigenvalue weighted by Gasteiger charge is -2.21. The Labute approximate surface area is 97.4 Å². The number of thiocyanates is 1. The van der Waals surface area contributed by atoms with Crippen LogP contribution in [0.2, 0.25) is 0 Å². The van der Waals surface area contributed by atoms with Gasteiger partial charge in [-0.2, -0.15) is 15.8 Å². The van der Waals surface area contributed by atoms with Crippen molar-refractivity contribution in [1.29, 1.82) is 15.8 Å². The van der Waals surface area contributed by atoms with E-state index in [0.29, 0.717) is 17.3 Å². The van der Waals surface area contributed by atoms with Gasteiger partial charge >= 0.3 is 0 Å². The third kappa shape index (κ3) is 2.32. The Balaban J connectivity index is 3.18. The summed E-state index contributed by atoms with van der Waals surface area (Å²) >= 11 is 0.696. The number of aliphatic hydroxyl groups is 1.